The highest BCUT2D eigenvalue weighted by molar-refractivity contribution is 7.78. The maximum absolute atomic E-state index is 13.7. The molecule has 0 aliphatic carbocycles. The first-order chi connectivity index (χ1) is 15.7. The topological polar surface area (TPSA) is 73.9 Å². The summed E-state index contributed by atoms with van der Waals surface area (Å²) in [7, 11) is -0.399. The number of esters is 2. The van der Waals surface area contributed by atoms with Crippen LogP contribution in [-0.2, 0) is 32.1 Å². The summed E-state index contributed by atoms with van der Waals surface area (Å²) in [5, 5.41) is 4.60. The third kappa shape index (κ3) is 7.09. The van der Waals surface area contributed by atoms with E-state index in [1.54, 1.807) is 12.1 Å². The van der Waals surface area contributed by atoms with Crippen LogP contribution in [0.1, 0.15) is 18.1 Å². The Hall–Kier alpha value is -2.80. The highest BCUT2D eigenvalue weighted by Crippen LogP contribution is 2.40. The van der Waals surface area contributed by atoms with Crippen molar-refractivity contribution in [2.45, 2.75) is 26.0 Å². The second-order valence-corrected chi connectivity index (χ2v) is 8.98. The smallest absolute Gasteiger partial charge is 0.323 e. The molecule has 0 radical (unpaired) electrons. The Kier molecular flexibility index (Phi) is 8.55. The molecule has 0 amide bonds. The SMILES string of the molecule is COC(=O)Cc1ccc2cc(OP(Cl)N[C@@H](C)C(=O)OCc3ccc(F)cc3F)ccc2c1. The van der Waals surface area contributed by atoms with Gasteiger partial charge in [-0.15, -0.1) is 0 Å². The minimum atomic E-state index is -1.74. The van der Waals surface area contributed by atoms with Gasteiger partial charge in [0.15, 0.2) is 0 Å². The highest BCUT2D eigenvalue weighted by Gasteiger charge is 2.20. The molecule has 3 aromatic rings. The zero-order valence-corrected chi connectivity index (χ0v) is 19.5. The van der Waals surface area contributed by atoms with Gasteiger partial charge in [0.2, 0.25) is 0 Å². The van der Waals surface area contributed by atoms with Crippen molar-refractivity contribution >= 4 is 41.6 Å². The van der Waals surface area contributed by atoms with E-state index < -0.39 is 31.3 Å². The first-order valence-corrected chi connectivity index (χ1v) is 12.0. The quantitative estimate of drug-likeness (QED) is 0.316. The van der Waals surface area contributed by atoms with E-state index in [-0.39, 0.29) is 24.6 Å². The lowest BCUT2D eigenvalue weighted by Gasteiger charge is -2.18. The number of carbonyl (C=O) groups is 2. The summed E-state index contributed by atoms with van der Waals surface area (Å²) in [4.78, 5) is 23.6. The van der Waals surface area contributed by atoms with Crippen molar-refractivity contribution in [1.82, 2.24) is 5.09 Å². The molecule has 33 heavy (non-hydrogen) atoms. The van der Waals surface area contributed by atoms with Crippen molar-refractivity contribution in [2.75, 3.05) is 7.11 Å². The normalized spacial score (nSPS) is 12.8. The molecule has 1 unspecified atom stereocenters. The summed E-state index contributed by atoms with van der Waals surface area (Å²) in [6.45, 7) is 1.20. The molecule has 174 valence electrons. The summed E-state index contributed by atoms with van der Waals surface area (Å²) >= 11 is 6.23. The molecule has 10 heteroatoms. The lowest BCUT2D eigenvalue weighted by Crippen LogP contribution is -2.32. The molecule has 0 heterocycles. The Morgan fingerprint density at radius 3 is 2.52 bits per heavy atom. The second-order valence-electron chi connectivity index (χ2n) is 7.13. The van der Waals surface area contributed by atoms with E-state index in [1.165, 1.54) is 20.1 Å². The molecular formula is C23H21ClF2NO5P. The van der Waals surface area contributed by atoms with E-state index >= 15 is 0 Å². The molecule has 6 nitrogen and oxygen atoms in total. The van der Waals surface area contributed by atoms with Crippen LogP contribution in [-0.4, -0.2) is 25.1 Å². The Morgan fingerprint density at radius 2 is 1.79 bits per heavy atom. The number of ether oxygens (including phenoxy) is 2. The van der Waals surface area contributed by atoms with Gasteiger partial charge in [0, 0.05) is 11.6 Å². The molecule has 0 aromatic heterocycles. The van der Waals surface area contributed by atoms with Gasteiger partial charge in [-0.05, 0) is 58.8 Å². The van der Waals surface area contributed by atoms with Crippen LogP contribution in [0.15, 0.2) is 54.6 Å². The average Bonchev–Trinajstić information content (AvgIpc) is 2.78. The number of fused-ring (bicyclic) bond motifs is 1. The van der Waals surface area contributed by atoms with Crippen LogP contribution >= 0.6 is 18.9 Å². The van der Waals surface area contributed by atoms with Gasteiger partial charge in [-0.25, -0.2) is 13.9 Å². The molecule has 1 N–H and O–H groups in total. The summed E-state index contributed by atoms with van der Waals surface area (Å²) in [6, 6.07) is 13.1. The van der Waals surface area contributed by atoms with Crippen LogP contribution in [0.2, 0.25) is 0 Å². The zero-order chi connectivity index (χ0) is 24.0. The Bertz CT molecular complexity index is 1160. The van der Waals surface area contributed by atoms with Gasteiger partial charge in [0.05, 0.1) is 13.5 Å². The number of nitrogens with one attached hydrogen (secondary N) is 1. The minimum Gasteiger partial charge on any atom is -0.469 e. The second kappa shape index (κ2) is 11.4. The number of carbonyl (C=O) groups excluding carboxylic acids is 2. The van der Waals surface area contributed by atoms with Gasteiger partial charge in [0.25, 0.3) is 7.65 Å². The Balaban J connectivity index is 1.54. The molecule has 0 aliphatic rings. The standard InChI is InChI=1S/C23H21ClF2NO5P/c1-14(23(29)31-13-18-5-7-19(25)12-21(18)26)27-33(24)32-20-8-6-16-9-15(10-22(28)30-2)3-4-17(16)11-20/h3-9,11-12,14,27H,10,13H2,1-2H3/t14-,33?/m0/s1. The largest absolute Gasteiger partial charge is 0.469 e. The van der Waals surface area contributed by atoms with E-state index in [1.807, 2.05) is 24.3 Å². The van der Waals surface area contributed by atoms with Crippen molar-refractivity contribution in [1.29, 1.82) is 0 Å². The van der Waals surface area contributed by atoms with Crippen molar-refractivity contribution in [3.05, 3.63) is 77.4 Å². The van der Waals surface area contributed by atoms with Crippen LogP contribution in [0.4, 0.5) is 8.78 Å². The number of halogens is 3. The summed E-state index contributed by atoms with van der Waals surface area (Å²) < 4.78 is 42.0. The van der Waals surface area contributed by atoms with E-state index in [0.717, 1.165) is 28.5 Å². The first-order valence-electron chi connectivity index (χ1n) is 9.85. The molecule has 0 bridgehead atoms. The molecule has 3 rings (SSSR count). The molecular weight excluding hydrogens is 475 g/mol. The van der Waals surface area contributed by atoms with Gasteiger partial charge in [0.1, 0.15) is 30.0 Å². The maximum Gasteiger partial charge on any atom is 0.323 e. The average molecular weight is 496 g/mol. The summed E-state index contributed by atoms with van der Waals surface area (Å²) in [5.74, 6) is -1.99. The van der Waals surface area contributed by atoms with E-state index in [4.69, 9.17) is 20.5 Å². The fourth-order valence-corrected chi connectivity index (χ4v) is 4.35. The van der Waals surface area contributed by atoms with Gasteiger partial charge >= 0.3 is 11.9 Å². The third-order valence-electron chi connectivity index (χ3n) is 4.67. The van der Waals surface area contributed by atoms with Gasteiger partial charge in [-0.2, -0.15) is 0 Å². The van der Waals surface area contributed by atoms with Crippen LogP contribution in [0, 0.1) is 11.6 Å². The van der Waals surface area contributed by atoms with Crippen LogP contribution < -0.4 is 9.61 Å². The first kappa shape index (κ1) is 24.8. The van der Waals surface area contributed by atoms with Crippen molar-refractivity contribution < 1.29 is 32.4 Å². The predicted octanol–water partition coefficient (Wildman–Crippen LogP) is 5.40. The van der Waals surface area contributed by atoms with Gasteiger partial charge < -0.3 is 14.0 Å². The third-order valence-corrected chi connectivity index (χ3v) is 6.13. The number of hydrogen-bond donors (Lipinski definition) is 1. The number of methoxy groups -OCH3 is 1. The molecule has 0 aliphatic heterocycles. The van der Waals surface area contributed by atoms with Crippen LogP contribution in [0.25, 0.3) is 10.8 Å². The van der Waals surface area contributed by atoms with Gasteiger partial charge in [-0.1, -0.05) is 24.3 Å². The molecule has 0 fully saturated rings. The van der Waals surface area contributed by atoms with Crippen LogP contribution in [0.3, 0.4) is 0 Å². The lowest BCUT2D eigenvalue weighted by atomic mass is 10.0. The number of rotatable bonds is 9. The highest BCUT2D eigenvalue weighted by atomic mass is 35.7. The monoisotopic (exact) mass is 495 g/mol. The molecule has 3 aromatic carbocycles. The summed E-state index contributed by atoms with van der Waals surface area (Å²) in [6.07, 6.45) is 0.184. The van der Waals surface area contributed by atoms with E-state index in [0.29, 0.717) is 5.75 Å². The Morgan fingerprint density at radius 1 is 1.06 bits per heavy atom. The van der Waals surface area contributed by atoms with Crippen molar-refractivity contribution in [3.63, 3.8) is 0 Å². The van der Waals surface area contributed by atoms with Crippen LogP contribution in [0.5, 0.6) is 5.75 Å². The van der Waals surface area contributed by atoms with E-state index in [9.17, 15) is 18.4 Å². The maximum atomic E-state index is 13.7. The molecule has 0 saturated heterocycles. The predicted molar refractivity (Wildman–Crippen MR) is 122 cm³/mol. The molecule has 0 saturated carbocycles. The molecule has 0 spiro atoms. The molecule has 2 atom stereocenters. The zero-order valence-electron chi connectivity index (χ0n) is 17.8. The van der Waals surface area contributed by atoms with E-state index in [2.05, 4.69) is 9.82 Å². The summed E-state index contributed by atoms with van der Waals surface area (Å²) in [5.41, 5.74) is 0.893. The van der Waals surface area contributed by atoms with Gasteiger partial charge in [-0.3, -0.25) is 9.59 Å². The number of benzene rings is 3. The lowest BCUT2D eigenvalue weighted by molar-refractivity contribution is -0.146. The Labute approximate surface area is 195 Å². The number of hydrogen-bond acceptors (Lipinski definition) is 6. The minimum absolute atomic E-state index is 0.0623. The van der Waals surface area contributed by atoms with Crippen molar-refractivity contribution in [3.8, 4) is 5.75 Å². The van der Waals surface area contributed by atoms with Crippen molar-refractivity contribution in [2.24, 2.45) is 0 Å². The fraction of sp³-hybridized carbons (Fsp3) is 0.217. The fourth-order valence-electron chi connectivity index (χ4n) is 2.92.